The third-order valence-electron chi connectivity index (χ3n) is 0.407. The van der Waals surface area contributed by atoms with Crippen LogP contribution in [0.4, 0.5) is 0 Å². The van der Waals surface area contributed by atoms with Crippen LogP contribution in [0.2, 0.25) is 0 Å². The molecule has 0 radical (unpaired) electrons. The summed E-state index contributed by atoms with van der Waals surface area (Å²) in [5.41, 5.74) is 10.4. The van der Waals surface area contributed by atoms with Crippen LogP contribution in [0, 0.1) is 0 Å². The van der Waals surface area contributed by atoms with Gasteiger partial charge in [0, 0.05) is 0 Å². The zero-order chi connectivity index (χ0) is 5.86. The molecular weight excluding hydrogens is 108 g/mol. The van der Waals surface area contributed by atoms with E-state index in [2.05, 4.69) is 13.8 Å². The van der Waals surface area contributed by atoms with Crippen molar-refractivity contribution in [1.29, 1.82) is 0 Å². The molecule has 0 amide bonds. The van der Waals surface area contributed by atoms with Gasteiger partial charge in [-0.2, -0.15) is 11.4 Å². The Morgan fingerprint density at radius 1 is 1.43 bits per heavy atom. The Morgan fingerprint density at radius 3 is 1.86 bits per heavy atom. The van der Waals surface area contributed by atoms with Gasteiger partial charge < -0.3 is 0 Å². The van der Waals surface area contributed by atoms with E-state index in [4.69, 9.17) is 11.5 Å². The predicted molar refractivity (Wildman–Crippen MR) is 37.5 cm³/mol. The first-order valence-corrected chi connectivity index (χ1v) is 3.18. The Bertz CT molecular complexity index is 73.8. The van der Waals surface area contributed by atoms with Gasteiger partial charge in [-0.3, -0.25) is 11.5 Å². The smallest absolute Gasteiger partial charge is 0.0748 e. The van der Waals surface area contributed by atoms with Gasteiger partial charge >= 0.3 is 0 Å². The highest BCUT2D eigenvalue weighted by Gasteiger charge is 1.81. The summed E-state index contributed by atoms with van der Waals surface area (Å²) in [5.74, 6) is 0. The number of hydrogen-bond acceptors (Lipinski definition) is 0. The van der Waals surface area contributed by atoms with Crippen molar-refractivity contribution in [2.24, 2.45) is 11.5 Å². The zero-order valence-electron chi connectivity index (χ0n) is 4.68. The second-order valence-corrected chi connectivity index (χ2v) is 3.46. The fraction of sp³-hybridized carbons (Fsp3) is 0.750. The Labute approximate surface area is 47.8 Å². The van der Waals surface area contributed by atoms with E-state index in [-0.39, 0.29) is 0 Å². The normalized spacial score (nSPS) is 9.86. The highest BCUT2D eigenvalue weighted by atomic mass is 32.1. The first kappa shape index (κ1) is 7.14. The van der Waals surface area contributed by atoms with Crippen LogP contribution in [0.15, 0.2) is 0 Å². The second-order valence-electron chi connectivity index (χ2n) is 1.65. The zero-order valence-corrected chi connectivity index (χ0v) is 5.57. The van der Waals surface area contributed by atoms with Crippen molar-refractivity contribution in [2.45, 2.75) is 19.1 Å². The molecule has 0 aromatic heterocycles. The van der Waals surface area contributed by atoms with Gasteiger partial charge in [-0.05, 0) is 5.25 Å². The number of nitrogens with two attached hydrogens (primary N) is 2. The maximum atomic E-state index is 5.18. The molecule has 0 saturated heterocycles. The van der Waals surface area contributed by atoms with Crippen LogP contribution >= 0.6 is 11.4 Å². The lowest BCUT2D eigenvalue weighted by molar-refractivity contribution is 1.12. The van der Waals surface area contributed by atoms with Gasteiger partial charge in [0.2, 0.25) is 0 Å². The molecule has 2 nitrogen and oxygen atoms in total. The molecule has 7 heavy (non-hydrogen) atoms. The SMILES string of the molecule is CC(C)[SH]=C(N)N. The van der Waals surface area contributed by atoms with E-state index in [0.29, 0.717) is 10.4 Å². The van der Waals surface area contributed by atoms with Gasteiger partial charge in [0.25, 0.3) is 0 Å². The van der Waals surface area contributed by atoms with Crippen LogP contribution in [-0.4, -0.2) is 10.4 Å². The first-order chi connectivity index (χ1) is 3.13. The third kappa shape index (κ3) is 6.14. The molecule has 44 valence electrons. The largest absolute Gasteiger partial charge is 0.289 e. The fourth-order valence-corrected chi connectivity index (χ4v) is 0.894. The maximum absolute atomic E-state index is 5.18. The minimum atomic E-state index is 0.509. The van der Waals surface area contributed by atoms with Crippen molar-refractivity contribution in [3.63, 3.8) is 0 Å². The summed E-state index contributed by atoms with van der Waals surface area (Å²) < 4.78 is 0. The molecule has 0 heterocycles. The van der Waals surface area contributed by atoms with E-state index in [1.54, 1.807) is 0 Å². The van der Waals surface area contributed by atoms with E-state index in [1.165, 1.54) is 0 Å². The molecule has 0 aromatic rings. The van der Waals surface area contributed by atoms with Crippen LogP contribution < -0.4 is 11.5 Å². The Balaban J connectivity index is 3.45. The van der Waals surface area contributed by atoms with Crippen LogP contribution in [0.1, 0.15) is 13.8 Å². The van der Waals surface area contributed by atoms with Gasteiger partial charge in [-0.25, -0.2) is 0 Å². The van der Waals surface area contributed by atoms with E-state index in [9.17, 15) is 0 Å². The monoisotopic (exact) mass is 120 g/mol. The van der Waals surface area contributed by atoms with Crippen molar-refractivity contribution < 1.29 is 0 Å². The molecule has 0 fully saturated rings. The summed E-state index contributed by atoms with van der Waals surface area (Å²) in [4.78, 5) is 0. The Kier molecular flexibility index (Phi) is 3.25. The quantitative estimate of drug-likeness (QED) is 0.333. The van der Waals surface area contributed by atoms with Gasteiger partial charge in [0.05, 0.1) is 5.11 Å². The molecule has 0 aromatic carbocycles. The molecule has 0 saturated carbocycles. The molecule has 0 aliphatic rings. The summed E-state index contributed by atoms with van der Waals surface area (Å²) in [6.45, 7) is 4.14. The maximum Gasteiger partial charge on any atom is 0.0748 e. The lowest BCUT2D eigenvalue weighted by Crippen LogP contribution is -2.21. The average molecular weight is 120 g/mol. The van der Waals surface area contributed by atoms with Gasteiger partial charge in [-0.1, -0.05) is 13.8 Å². The lowest BCUT2D eigenvalue weighted by Gasteiger charge is -1.94. The van der Waals surface area contributed by atoms with Crippen LogP contribution in [0.5, 0.6) is 0 Å². The molecule has 0 rings (SSSR count). The highest BCUT2D eigenvalue weighted by Crippen LogP contribution is 1.94. The first-order valence-electron chi connectivity index (χ1n) is 2.21. The molecule has 0 aliphatic heterocycles. The lowest BCUT2D eigenvalue weighted by atomic mass is 10.6. The van der Waals surface area contributed by atoms with Crippen molar-refractivity contribution in [3.05, 3.63) is 0 Å². The Morgan fingerprint density at radius 2 is 1.86 bits per heavy atom. The van der Waals surface area contributed by atoms with Gasteiger partial charge in [-0.15, -0.1) is 0 Å². The highest BCUT2D eigenvalue weighted by molar-refractivity contribution is 7.99. The van der Waals surface area contributed by atoms with Crippen molar-refractivity contribution in [2.75, 3.05) is 0 Å². The fourth-order valence-electron chi connectivity index (χ4n) is 0.298. The predicted octanol–water partition coefficient (Wildman–Crippen LogP) is -0.135. The van der Waals surface area contributed by atoms with Crippen molar-refractivity contribution in [3.8, 4) is 0 Å². The van der Waals surface area contributed by atoms with Gasteiger partial charge in [0.1, 0.15) is 0 Å². The molecular formula is C4H12N2S. The van der Waals surface area contributed by atoms with Gasteiger partial charge in [0.15, 0.2) is 0 Å². The minimum absolute atomic E-state index is 0.509. The van der Waals surface area contributed by atoms with Crippen molar-refractivity contribution in [1.82, 2.24) is 0 Å². The van der Waals surface area contributed by atoms with Crippen molar-refractivity contribution >= 4 is 16.5 Å². The standard InChI is InChI=1S/C4H12N2S/c1-3(2)7-4(5)6/h3,7H,5-6H2,1-2H3. The molecule has 0 atom stereocenters. The van der Waals surface area contributed by atoms with E-state index >= 15 is 0 Å². The molecule has 0 spiro atoms. The van der Waals surface area contributed by atoms with E-state index in [0.717, 1.165) is 11.4 Å². The summed E-state index contributed by atoms with van der Waals surface area (Å²) in [6, 6.07) is 0. The summed E-state index contributed by atoms with van der Waals surface area (Å²) in [6.07, 6.45) is 0. The van der Waals surface area contributed by atoms with Crippen LogP contribution in [0.25, 0.3) is 0 Å². The summed E-state index contributed by atoms with van der Waals surface area (Å²) >= 11 is 1.05. The summed E-state index contributed by atoms with van der Waals surface area (Å²) in [5, 5.41) is 1.07. The molecule has 3 heteroatoms. The number of hydrogen-bond donors (Lipinski definition) is 3. The third-order valence-corrected chi connectivity index (χ3v) is 1.22. The molecule has 0 aliphatic carbocycles. The second kappa shape index (κ2) is 3.18. The Hall–Kier alpha value is 0.140. The van der Waals surface area contributed by atoms with E-state index < -0.39 is 0 Å². The number of rotatable bonds is 1. The molecule has 0 bridgehead atoms. The minimum Gasteiger partial charge on any atom is -0.289 e. The van der Waals surface area contributed by atoms with Crippen LogP contribution in [-0.2, 0) is 0 Å². The van der Waals surface area contributed by atoms with E-state index in [1.807, 2.05) is 0 Å². The summed E-state index contributed by atoms with van der Waals surface area (Å²) in [7, 11) is 0. The topological polar surface area (TPSA) is 52.0 Å². The van der Waals surface area contributed by atoms with Crippen LogP contribution in [0.3, 0.4) is 0 Å². The molecule has 0 unspecified atom stereocenters. The number of thiol groups is 1. The average Bonchev–Trinajstić information content (AvgIpc) is 1.27. The molecule has 4 N–H and O–H groups in total.